The molecule has 5 nitrogen and oxygen atoms in total. The highest BCUT2D eigenvalue weighted by molar-refractivity contribution is 7.89. The second kappa shape index (κ2) is 6.49. The van der Waals surface area contributed by atoms with Crippen LogP contribution >= 0.6 is 11.6 Å². The number of rotatable bonds is 4. The maximum atomic E-state index is 12.5. The standard InChI is InChI=1S/C16H17ClN2O3S/c17-15-3-1-2-4-16(15)22-13-5-7-14(8-6-13)23(20,21)19-10-9-12(18)11-19/h1-8,12H,9-11,18H2/t12-/m1/s1. The van der Waals surface area contributed by atoms with Crippen LogP contribution in [0.25, 0.3) is 0 Å². The van der Waals surface area contributed by atoms with Gasteiger partial charge in [-0.1, -0.05) is 23.7 Å². The fourth-order valence-corrected chi connectivity index (χ4v) is 4.14. The lowest BCUT2D eigenvalue weighted by molar-refractivity contribution is 0.471. The lowest BCUT2D eigenvalue weighted by Gasteiger charge is -2.16. The Labute approximate surface area is 140 Å². The van der Waals surface area contributed by atoms with Gasteiger partial charge in [0, 0.05) is 19.1 Å². The fourth-order valence-electron chi connectivity index (χ4n) is 2.46. The summed E-state index contributed by atoms with van der Waals surface area (Å²) in [6.45, 7) is 0.821. The van der Waals surface area contributed by atoms with Crippen molar-refractivity contribution in [3.8, 4) is 11.5 Å². The van der Waals surface area contributed by atoms with E-state index in [1.807, 2.05) is 12.1 Å². The molecule has 0 unspecified atom stereocenters. The maximum absolute atomic E-state index is 12.5. The zero-order valence-corrected chi connectivity index (χ0v) is 13.9. The second-order valence-corrected chi connectivity index (χ2v) is 7.76. The molecule has 0 radical (unpaired) electrons. The molecule has 0 amide bonds. The summed E-state index contributed by atoms with van der Waals surface area (Å²) in [7, 11) is -3.50. The zero-order chi connectivity index (χ0) is 16.4. The van der Waals surface area contributed by atoms with Crippen molar-refractivity contribution in [2.45, 2.75) is 17.4 Å². The average molecular weight is 353 g/mol. The van der Waals surface area contributed by atoms with Crippen LogP contribution in [0.5, 0.6) is 11.5 Å². The lowest BCUT2D eigenvalue weighted by Crippen LogP contribution is -2.31. The fraction of sp³-hybridized carbons (Fsp3) is 0.250. The molecule has 0 aliphatic carbocycles. The molecule has 3 rings (SSSR count). The van der Waals surface area contributed by atoms with Crippen molar-refractivity contribution in [2.75, 3.05) is 13.1 Å². The number of sulfonamides is 1. The third kappa shape index (κ3) is 3.50. The normalized spacial score (nSPS) is 19.0. The first-order valence-electron chi connectivity index (χ1n) is 7.25. The van der Waals surface area contributed by atoms with E-state index in [1.165, 1.54) is 16.4 Å². The largest absolute Gasteiger partial charge is 0.456 e. The molecule has 2 N–H and O–H groups in total. The Kier molecular flexibility index (Phi) is 4.59. The first-order chi connectivity index (χ1) is 11.0. The van der Waals surface area contributed by atoms with Crippen LogP contribution in [0.4, 0.5) is 0 Å². The number of hydrogen-bond acceptors (Lipinski definition) is 4. The SMILES string of the molecule is N[C@@H]1CCN(S(=O)(=O)c2ccc(Oc3ccccc3Cl)cc2)C1. The Morgan fingerprint density at radius 3 is 2.43 bits per heavy atom. The highest BCUT2D eigenvalue weighted by Crippen LogP contribution is 2.30. The van der Waals surface area contributed by atoms with Gasteiger partial charge in [0.15, 0.2) is 0 Å². The monoisotopic (exact) mass is 352 g/mol. The number of nitrogens with two attached hydrogens (primary N) is 1. The van der Waals surface area contributed by atoms with Crippen molar-refractivity contribution in [2.24, 2.45) is 5.73 Å². The summed E-state index contributed by atoms with van der Waals surface area (Å²) in [4.78, 5) is 0.234. The molecule has 122 valence electrons. The highest BCUT2D eigenvalue weighted by Gasteiger charge is 2.30. The summed E-state index contributed by atoms with van der Waals surface area (Å²) < 4.78 is 32.1. The van der Waals surface area contributed by atoms with Crippen LogP contribution in [0.15, 0.2) is 53.4 Å². The van der Waals surface area contributed by atoms with E-state index in [0.717, 1.165) is 0 Å². The van der Waals surface area contributed by atoms with E-state index in [0.29, 0.717) is 36.0 Å². The Hall–Kier alpha value is -1.60. The van der Waals surface area contributed by atoms with E-state index in [-0.39, 0.29) is 10.9 Å². The third-order valence-electron chi connectivity index (χ3n) is 3.71. The van der Waals surface area contributed by atoms with E-state index < -0.39 is 10.0 Å². The van der Waals surface area contributed by atoms with Gasteiger partial charge in [0.2, 0.25) is 10.0 Å². The second-order valence-electron chi connectivity index (χ2n) is 5.42. The van der Waals surface area contributed by atoms with E-state index in [9.17, 15) is 8.42 Å². The van der Waals surface area contributed by atoms with Crippen LogP contribution in [0.1, 0.15) is 6.42 Å². The van der Waals surface area contributed by atoms with Crippen LogP contribution < -0.4 is 10.5 Å². The predicted molar refractivity (Wildman–Crippen MR) is 89.3 cm³/mol. The van der Waals surface area contributed by atoms with Crippen molar-refractivity contribution in [3.05, 3.63) is 53.6 Å². The molecule has 0 spiro atoms. The van der Waals surface area contributed by atoms with Gasteiger partial charge in [-0.3, -0.25) is 0 Å². The molecule has 7 heteroatoms. The first kappa shape index (κ1) is 16.3. The minimum Gasteiger partial charge on any atom is -0.456 e. The molecule has 1 saturated heterocycles. The van der Waals surface area contributed by atoms with Gasteiger partial charge in [0.25, 0.3) is 0 Å². The molecule has 1 fully saturated rings. The molecule has 1 heterocycles. The van der Waals surface area contributed by atoms with Crippen LogP contribution in [0, 0.1) is 0 Å². The van der Waals surface area contributed by atoms with Gasteiger partial charge in [-0.2, -0.15) is 4.31 Å². The molecule has 1 atom stereocenters. The van der Waals surface area contributed by atoms with Crippen LogP contribution in [0.2, 0.25) is 5.02 Å². The highest BCUT2D eigenvalue weighted by atomic mass is 35.5. The minimum absolute atomic E-state index is 0.0902. The average Bonchev–Trinajstić information content (AvgIpc) is 2.98. The molecule has 2 aromatic rings. The first-order valence-corrected chi connectivity index (χ1v) is 9.07. The summed E-state index contributed by atoms with van der Waals surface area (Å²) >= 11 is 6.04. The molecular weight excluding hydrogens is 336 g/mol. The topological polar surface area (TPSA) is 72.6 Å². The molecular formula is C16H17ClN2O3S. The van der Waals surface area contributed by atoms with Crippen molar-refractivity contribution < 1.29 is 13.2 Å². The zero-order valence-electron chi connectivity index (χ0n) is 12.4. The Balaban J connectivity index is 1.78. The van der Waals surface area contributed by atoms with Gasteiger partial charge in [0.1, 0.15) is 11.5 Å². The van der Waals surface area contributed by atoms with E-state index in [4.69, 9.17) is 22.1 Å². The van der Waals surface area contributed by atoms with E-state index in [2.05, 4.69) is 0 Å². The summed E-state index contributed by atoms with van der Waals surface area (Å²) in [5, 5.41) is 0.496. The number of para-hydroxylation sites is 1. The van der Waals surface area contributed by atoms with Crippen molar-refractivity contribution in [1.82, 2.24) is 4.31 Å². The predicted octanol–water partition coefficient (Wildman–Crippen LogP) is 2.85. The van der Waals surface area contributed by atoms with Crippen molar-refractivity contribution >= 4 is 21.6 Å². The van der Waals surface area contributed by atoms with Crippen LogP contribution in [-0.2, 0) is 10.0 Å². The Morgan fingerprint density at radius 2 is 1.83 bits per heavy atom. The molecule has 0 aromatic heterocycles. The molecule has 0 bridgehead atoms. The maximum Gasteiger partial charge on any atom is 0.243 e. The van der Waals surface area contributed by atoms with Crippen LogP contribution in [0.3, 0.4) is 0 Å². The number of ether oxygens (including phenoxy) is 1. The summed E-state index contributed by atoms with van der Waals surface area (Å²) in [6, 6.07) is 13.3. The Bertz CT molecular complexity index is 793. The van der Waals surface area contributed by atoms with Gasteiger partial charge >= 0.3 is 0 Å². The van der Waals surface area contributed by atoms with Crippen LogP contribution in [-0.4, -0.2) is 31.9 Å². The molecule has 1 aliphatic heterocycles. The number of halogens is 1. The lowest BCUT2D eigenvalue weighted by atomic mass is 10.3. The minimum atomic E-state index is -3.50. The number of hydrogen-bond donors (Lipinski definition) is 1. The van der Waals surface area contributed by atoms with Gasteiger partial charge in [-0.25, -0.2) is 8.42 Å². The van der Waals surface area contributed by atoms with E-state index in [1.54, 1.807) is 24.3 Å². The third-order valence-corrected chi connectivity index (χ3v) is 5.91. The number of nitrogens with zero attached hydrogens (tertiary/aromatic N) is 1. The number of benzene rings is 2. The summed E-state index contributed by atoms with van der Waals surface area (Å²) in [5.74, 6) is 1.05. The smallest absolute Gasteiger partial charge is 0.243 e. The van der Waals surface area contributed by atoms with Gasteiger partial charge < -0.3 is 10.5 Å². The molecule has 23 heavy (non-hydrogen) atoms. The van der Waals surface area contributed by atoms with Gasteiger partial charge in [0.05, 0.1) is 9.92 Å². The summed E-state index contributed by atoms with van der Waals surface area (Å²) in [6.07, 6.45) is 0.687. The molecule has 0 saturated carbocycles. The van der Waals surface area contributed by atoms with E-state index >= 15 is 0 Å². The summed E-state index contributed by atoms with van der Waals surface area (Å²) in [5.41, 5.74) is 5.79. The molecule has 1 aliphatic rings. The van der Waals surface area contributed by atoms with Gasteiger partial charge in [-0.15, -0.1) is 0 Å². The quantitative estimate of drug-likeness (QED) is 0.918. The van der Waals surface area contributed by atoms with Crippen molar-refractivity contribution in [3.63, 3.8) is 0 Å². The Morgan fingerprint density at radius 1 is 1.13 bits per heavy atom. The van der Waals surface area contributed by atoms with Gasteiger partial charge in [-0.05, 0) is 42.8 Å². The van der Waals surface area contributed by atoms with Crippen molar-refractivity contribution in [1.29, 1.82) is 0 Å². The molecule has 2 aromatic carbocycles.